The molecule has 12 heavy (non-hydrogen) atoms. The highest BCUT2D eigenvalue weighted by atomic mass is 14.6. The molecule has 0 aromatic rings. The smallest absolute Gasteiger partial charge is 0.0240 e. The Morgan fingerprint density at radius 3 is 2.83 bits per heavy atom. The van der Waals surface area contributed by atoms with Gasteiger partial charge < -0.3 is 0 Å². The molecule has 0 N–H and O–H groups in total. The van der Waals surface area contributed by atoms with Gasteiger partial charge in [0.15, 0.2) is 0 Å². The van der Waals surface area contributed by atoms with E-state index in [9.17, 15) is 0 Å². The van der Waals surface area contributed by atoms with Crippen molar-refractivity contribution in [2.24, 2.45) is 17.3 Å². The highest BCUT2D eigenvalue weighted by molar-refractivity contribution is 5.08. The second-order valence-corrected chi connectivity index (χ2v) is 5.07. The Morgan fingerprint density at radius 2 is 2.33 bits per heavy atom. The Labute approximate surface area is 76.7 Å². The van der Waals surface area contributed by atoms with Crippen LogP contribution < -0.4 is 0 Å². The van der Waals surface area contributed by atoms with E-state index >= 15 is 0 Å². The molecule has 0 radical (unpaired) electrons. The van der Waals surface area contributed by atoms with Crippen LogP contribution in [0.25, 0.3) is 0 Å². The fraction of sp³-hybridized carbons (Fsp3) is 1.00. The first-order chi connectivity index (χ1) is 5.79. The minimum Gasteiger partial charge on any atom is -0.0654 e. The third-order valence-electron chi connectivity index (χ3n) is 4.45. The Kier molecular flexibility index (Phi) is 2.18. The van der Waals surface area contributed by atoms with E-state index in [2.05, 4.69) is 13.8 Å². The van der Waals surface area contributed by atoms with Crippen LogP contribution in [0, 0.1) is 17.3 Å². The van der Waals surface area contributed by atoms with Gasteiger partial charge in [0.1, 0.15) is 0 Å². The van der Waals surface area contributed by atoms with Crippen LogP contribution in [0.1, 0.15) is 58.8 Å². The minimum atomic E-state index is 0.870. The van der Waals surface area contributed by atoms with E-state index in [1.165, 1.54) is 25.7 Å². The van der Waals surface area contributed by atoms with Gasteiger partial charge in [-0.3, -0.25) is 0 Å². The van der Waals surface area contributed by atoms with Crippen molar-refractivity contribution in [2.45, 2.75) is 58.8 Å². The maximum Gasteiger partial charge on any atom is -0.0240 e. The number of fused-ring (bicyclic) bond motifs is 1. The summed E-state index contributed by atoms with van der Waals surface area (Å²) in [6.45, 7) is 4.81. The molecule has 0 saturated heterocycles. The summed E-state index contributed by atoms with van der Waals surface area (Å²) in [5.41, 5.74) is 0.870. The monoisotopic (exact) mass is 166 g/mol. The fourth-order valence-electron chi connectivity index (χ4n) is 3.42. The quantitative estimate of drug-likeness (QED) is 0.592. The van der Waals surface area contributed by atoms with Crippen LogP contribution in [0.4, 0.5) is 0 Å². The van der Waals surface area contributed by atoms with Gasteiger partial charge >= 0.3 is 0 Å². The van der Waals surface area contributed by atoms with Crippen LogP contribution in [-0.2, 0) is 0 Å². The molecular formula is C12H22. The van der Waals surface area contributed by atoms with Crippen molar-refractivity contribution in [3.05, 3.63) is 0 Å². The molecule has 0 heterocycles. The van der Waals surface area contributed by atoms with Crippen LogP contribution in [0.2, 0.25) is 0 Å². The summed E-state index contributed by atoms with van der Waals surface area (Å²) < 4.78 is 0. The second kappa shape index (κ2) is 3.05. The van der Waals surface area contributed by atoms with E-state index in [1.807, 2.05) is 0 Å². The van der Waals surface area contributed by atoms with E-state index in [0.717, 1.165) is 17.3 Å². The van der Waals surface area contributed by atoms with Gasteiger partial charge in [-0.2, -0.15) is 0 Å². The zero-order valence-electron chi connectivity index (χ0n) is 8.60. The van der Waals surface area contributed by atoms with E-state index in [0.29, 0.717) is 0 Å². The Bertz CT molecular complexity index is 161. The van der Waals surface area contributed by atoms with E-state index in [4.69, 9.17) is 0 Å². The molecule has 0 bridgehead atoms. The van der Waals surface area contributed by atoms with Crippen molar-refractivity contribution in [3.8, 4) is 0 Å². The summed E-state index contributed by atoms with van der Waals surface area (Å²) in [5, 5.41) is 0. The molecule has 2 saturated carbocycles. The summed E-state index contributed by atoms with van der Waals surface area (Å²) in [4.78, 5) is 0. The summed E-state index contributed by atoms with van der Waals surface area (Å²) in [6, 6.07) is 0. The third kappa shape index (κ3) is 1.20. The first-order valence-electron chi connectivity index (χ1n) is 5.79. The molecule has 0 heteroatoms. The Hall–Kier alpha value is 0. The molecule has 0 spiro atoms. The predicted octanol–water partition coefficient (Wildman–Crippen LogP) is 4.00. The van der Waals surface area contributed by atoms with Gasteiger partial charge in [0, 0.05) is 0 Å². The predicted molar refractivity (Wildman–Crippen MR) is 53.1 cm³/mol. The number of rotatable bonds is 4. The molecule has 3 atom stereocenters. The van der Waals surface area contributed by atoms with Gasteiger partial charge in [-0.05, 0) is 36.5 Å². The summed E-state index contributed by atoms with van der Waals surface area (Å²) in [7, 11) is 0. The first-order valence-corrected chi connectivity index (χ1v) is 5.79. The molecule has 2 aliphatic rings. The lowest BCUT2D eigenvalue weighted by atomic mass is 9.84. The minimum absolute atomic E-state index is 0.870. The van der Waals surface area contributed by atoms with Crippen LogP contribution in [0.15, 0.2) is 0 Å². The zero-order chi connectivity index (χ0) is 8.60. The van der Waals surface area contributed by atoms with E-state index in [-0.39, 0.29) is 0 Å². The van der Waals surface area contributed by atoms with Crippen LogP contribution in [-0.4, -0.2) is 0 Å². The van der Waals surface area contributed by atoms with Crippen molar-refractivity contribution >= 4 is 0 Å². The molecule has 70 valence electrons. The Balaban J connectivity index is 1.84. The molecule has 0 amide bonds. The molecule has 3 unspecified atom stereocenters. The molecular weight excluding hydrogens is 144 g/mol. The van der Waals surface area contributed by atoms with Gasteiger partial charge in [-0.15, -0.1) is 0 Å². The molecule has 2 fully saturated rings. The van der Waals surface area contributed by atoms with Gasteiger partial charge in [-0.25, -0.2) is 0 Å². The molecule has 2 rings (SSSR count). The van der Waals surface area contributed by atoms with Crippen LogP contribution in [0.3, 0.4) is 0 Å². The molecule has 0 aromatic carbocycles. The largest absolute Gasteiger partial charge is 0.0654 e. The van der Waals surface area contributed by atoms with Gasteiger partial charge in [0.2, 0.25) is 0 Å². The third-order valence-corrected chi connectivity index (χ3v) is 4.45. The van der Waals surface area contributed by atoms with Crippen LogP contribution >= 0.6 is 0 Å². The van der Waals surface area contributed by atoms with E-state index in [1.54, 1.807) is 19.3 Å². The highest BCUT2D eigenvalue weighted by Gasteiger charge is 2.58. The lowest BCUT2D eigenvalue weighted by molar-refractivity contribution is 0.293. The van der Waals surface area contributed by atoms with Crippen molar-refractivity contribution in [3.63, 3.8) is 0 Å². The summed E-state index contributed by atoms with van der Waals surface area (Å²) in [5.74, 6) is 2.19. The summed E-state index contributed by atoms with van der Waals surface area (Å²) in [6.07, 6.45) is 10.5. The van der Waals surface area contributed by atoms with Crippen molar-refractivity contribution in [1.82, 2.24) is 0 Å². The average Bonchev–Trinajstić information content (AvgIpc) is 2.66. The van der Waals surface area contributed by atoms with Gasteiger partial charge in [0.05, 0.1) is 0 Å². The second-order valence-electron chi connectivity index (χ2n) is 5.07. The number of hydrogen-bond acceptors (Lipinski definition) is 0. The van der Waals surface area contributed by atoms with Gasteiger partial charge in [-0.1, -0.05) is 39.5 Å². The van der Waals surface area contributed by atoms with Crippen molar-refractivity contribution in [1.29, 1.82) is 0 Å². The molecule has 2 aliphatic carbocycles. The normalized spacial score (nSPS) is 41.0. The van der Waals surface area contributed by atoms with Crippen molar-refractivity contribution < 1.29 is 0 Å². The molecule has 0 nitrogen and oxygen atoms in total. The SMILES string of the molecule is CCCCC(C)C12CCCC1C2. The summed E-state index contributed by atoms with van der Waals surface area (Å²) >= 11 is 0. The molecule has 0 aromatic heterocycles. The standard InChI is InChI=1S/C12H22/c1-3-4-6-10(2)12-8-5-7-11(12)9-12/h10-11H,3-9H2,1-2H3. The van der Waals surface area contributed by atoms with Crippen molar-refractivity contribution in [2.75, 3.05) is 0 Å². The van der Waals surface area contributed by atoms with Gasteiger partial charge in [0.25, 0.3) is 0 Å². The maximum absolute atomic E-state index is 2.50. The number of hydrogen-bond donors (Lipinski definition) is 0. The van der Waals surface area contributed by atoms with Crippen LogP contribution in [0.5, 0.6) is 0 Å². The highest BCUT2D eigenvalue weighted by Crippen LogP contribution is 2.68. The topological polar surface area (TPSA) is 0 Å². The molecule has 0 aliphatic heterocycles. The number of unbranched alkanes of at least 4 members (excludes halogenated alkanes) is 1. The Morgan fingerprint density at radius 1 is 1.50 bits per heavy atom. The maximum atomic E-state index is 2.50. The lowest BCUT2D eigenvalue weighted by Gasteiger charge is -2.21. The van der Waals surface area contributed by atoms with E-state index < -0.39 is 0 Å². The first kappa shape index (κ1) is 8.59. The lowest BCUT2D eigenvalue weighted by Crippen LogP contribution is -2.11. The average molecular weight is 166 g/mol. The fourth-order valence-corrected chi connectivity index (χ4v) is 3.42. The zero-order valence-corrected chi connectivity index (χ0v) is 8.60.